The topological polar surface area (TPSA) is 19.6 Å². The first-order chi connectivity index (χ1) is 29.5. The summed E-state index contributed by atoms with van der Waals surface area (Å²) in [6.45, 7) is 4.68. The Hall–Kier alpha value is -7.62. The number of anilines is 6. The third-order valence-electron chi connectivity index (χ3n) is 12.2. The first-order valence-corrected chi connectivity index (χ1v) is 20.7. The third-order valence-corrected chi connectivity index (χ3v) is 12.2. The molecule has 10 aromatic rings. The van der Waals surface area contributed by atoms with Crippen LogP contribution in [0, 0.1) is 0 Å². The molecule has 11 rings (SSSR count). The lowest BCUT2D eigenvalue weighted by Gasteiger charge is -2.28. The lowest BCUT2D eigenvalue weighted by atomic mass is 9.81. The second-order valence-electron chi connectivity index (χ2n) is 16.2. The van der Waals surface area contributed by atoms with Gasteiger partial charge < -0.3 is 14.2 Å². The molecule has 0 saturated carbocycles. The predicted octanol–water partition coefficient (Wildman–Crippen LogP) is 16.2. The molecule has 1 aliphatic rings. The molecule has 0 radical (unpaired) electrons. The fourth-order valence-electron chi connectivity index (χ4n) is 9.19. The molecule has 0 aliphatic heterocycles. The van der Waals surface area contributed by atoms with Gasteiger partial charge in [-0.15, -0.1) is 0 Å². The molecular formula is C57H42N2O. The summed E-state index contributed by atoms with van der Waals surface area (Å²) in [6, 6.07) is 78.5. The molecule has 3 heteroatoms. The average Bonchev–Trinajstić information content (AvgIpc) is 3.78. The molecule has 1 aromatic heterocycles. The summed E-state index contributed by atoms with van der Waals surface area (Å²) in [5.41, 5.74) is 18.2. The van der Waals surface area contributed by atoms with E-state index in [1.165, 1.54) is 49.9 Å². The number of hydrogen-bond acceptors (Lipinski definition) is 3. The minimum absolute atomic E-state index is 0.187. The molecule has 0 amide bonds. The average molecular weight is 771 g/mol. The van der Waals surface area contributed by atoms with E-state index in [4.69, 9.17) is 4.42 Å². The summed E-state index contributed by atoms with van der Waals surface area (Å²) >= 11 is 0. The molecule has 0 atom stereocenters. The predicted molar refractivity (Wildman–Crippen MR) is 252 cm³/mol. The number of benzene rings is 9. The summed E-state index contributed by atoms with van der Waals surface area (Å²) in [7, 11) is 0. The van der Waals surface area contributed by atoms with Crippen LogP contribution in [0.1, 0.15) is 25.0 Å². The van der Waals surface area contributed by atoms with Gasteiger partial charge in [0.1, 0.15) is 11.2 Å². The third kappa shape index (κ3) is 6.06. The Bertz CT molecular complexity index is 3110. The van der Waals surface area contributed by atoms with Crippen LogP contribution in [-0.2, 0) is 5.41 Å². The van der Waals surface area contributed by atoms with Crippen molar-refractivity contribution < 1.29 is 4.42 Å². The number of fused-ring (bicyclic) bond motifs is 6. The van der Waals surface area contributed by atoms with E-state index < -0.39 is 0 Å². The molecule has 60 heavy (non-hydrogen) atoms. The Labute approximate surface area is 351 Å². The Morgan fingerprint density at radius 3 is 1.45 bits per heavy atom. The largest absolute Gasteiger partial charge is 0.456 e. The van der Waals surface area contributed by atoms with Gasteiger partial charge in [0.25, 0.3) is 0 Å². The number of nitrogens with zero attached hydrogens (tertiary/aromatic N) is 2. The lowest BCUT2D eigenvalue weighted by molar-refractivity contribution is 0.647. The molecule has 1 heterocycles. The van der Waals surface area contributed by atoms with Gasteiger partial charge in [0, 0.05) is 50.3 Å². The lowest BCUT2D eigenvalue weighted by Crippen LogP contribution is -2.15. The monoisotopic (exact) mass is 770 g/mol. The minimum Gasteiger partial charge on any atom is -0.456 e. The quantitative estimate of drug-likeness (QED) is 0.153. The van der Waals surface area contributed by atoms with Crippen molar-refractivity contribution in [1.29, 1.82) is 0 Å². The van der Waals surface area contributed by atoms with Crippen molar-refractivity contribution in [3.05, 3.63) is 230 Å². The van der Waals surface area contributed by atoms with Crippen LogP contribution in [0.2, 0.25) is 0 Å². The van der Waals surface area contributed by atoms with Crippen molar-refractivity contribution >= 4 is 56.1 Å². The van der Waals surface area contributed by atoms with Crippen molar-refractivity contribution in [3.63, 3.8) is 0 Å². The maximum Gasteiger partial charge on any atom is 0.135 e. The van der Waals surface area contributed by atoms with Crippen molar-refractivity contribution in [1.82, 2.24) is 0 Å². The van der Waals surface area contributed by atoms with Crippen molar-refractivity contribution in [2.45, 2.75) is 19.3 Å². The van der Waals surface area contributed by atoms with E-state index in [0.29, 0.717) is 0 Å². The van der Waals surface area contributed by atoms with E-state index in [9.17, 15) is 0 Å². The van der Waals surface area contributed by atoms with Crippen molar-refractivity contribution in [3.8, 4) is 33.4 Å². The van der Waals surface area contributed by atoms with E-state index >= 15 is 0 Å². The van der Waals surface area contributed by atoms with Gasteiger partial charge in [-0.25, -0.2) is 0 Å². The number of furan rings is 1. The normalized spacial score (nSPS) is 12.6. The fourth-order valence-corrected chi connectivity index (χ4v) is 9.19. The molecule has 3 nitrogen and oxygen atoms in total. The van der Waals surface area contributed by atoms with Crippen molar-refractivity contribution in [2.24, 2.45) is 0 Å². The highest BCUT2D eigenvalue weighted by Gasteiger charge is 2.36. The zero-order valence-electron chi connectivity index (χ0n) is 33.6. The molecule has 0 bridgehead atoms. The molecule has 0 unspecified atom stereocenters. The molecule has 9 aromatic carbocycles. The standard InChI is InChI=1S/C57H42N2O/c1-57(2)53-36-42(27-34-49(53)51-37-52-50-23-12-13-24-55(50)60-56(52)38-54(51)57)41-17-14-22-48(35-41)59(45-28-25-40(26-29-45)39-15-6-3-7-16-39)47-32-30-46(31-33-47)58(43-18-8-4-9-19-43)44-20-10-5-11-21-44/h3-38H,1-2H3. The van der Waals surface area contributed by atoms with Crippen molar-refractivity contribution in [2.75, 3.05) is 9.80 Å². The molecule has 0 saturated heterocycles. The van der Waals surface area contributed by atoms with E-state index in [1.807, 2.05) is 6.07 Å². The maximum atomic E-state index is 6.35. The van der Waals surface area contributed by atoms with E-state index in [1.54, 1.807) is 0 Å². The van der Waals surface area contributed by atoms with E-state index in [0.717, 1.165) is 50.7 Å². The second kappa shape index (κ2) is 14.3. The van der Waals surface area contributed by atoms with Gasteiger partial charge in [0.15, 0.2) is 0 Å². The highest BCUT2D eigenvalue weighted by molar-refractivity contribution is 6.08. The first-order valence-electron chi connectivity index (χ1n) is 20.7. The minimum atomic E-state index is -0.187. The molecular weight excluding hydrogens is 729 g/mol. The number of rotatable bonds is 8. The van der Waals surface area contributed by atoms with Crippen LogP contribution in [0.5, 0.6) is 0 Å². The summed E-state index contributed by atoms with van der Waals surface area (Å²) < 4.78 is 6.35. The van der Waals surface area contributed by atoms with Crippen LogP contribution < -0.4 is 9.80 Å². The Kier molecular flexibility index (Phi) is 8.49. The van der Waals surface area contributed by atoms with Crippen LogP contribution in [0.3, 0.4) is 0 Å². The summed E-state index contributed by atoms with van der Waals surface area (Å²) in [4.78, 5) is 4.67. The highest BCUT2D eigenvalue weighted by Crippen LogP contribution is 2.52. The van der Waals surface area contributed by atoms with Crippen LogP contribution in [0.15, 0.2) is 223 Å². The second-order valence-corrected chi connectivity index (χ2v) is 16.2. The van der Waals surface area contributed by atoms with Gasteiger partial charge in [-0.1, -0.05) is 135 Å². The molecule has 1 aliphatic carbocycles. The van der Waals surface area contributed by atoms with Gasteiger partial charge >= 0.3 is 0 Å². The fraction of sp³-hybridized carbons (Fsp3) is 0.0526. The van der Waals surface area contributed by atoms with Gasteiger partial charge in [0.2, 0.25) is 0 Å². The number of para-hydroxylation sites is 3. The first kappa shape index (κ1) is 35.5. The number of hydrogen-bond donors (Lipinski definition) is 0. The molecule has 286 valence electrons. The van der Waals surface area contributed by atoms with Gasteiger partial charge in [-0.3, -0.25) is 0 Å². The van der Waals surface area contributed by atoms with Crippen LogP contribution in [-0.4, -0.2) is 0 Å². The zero-order valence-corrected chi connectivity index (χ0v) is 33.6. The van der Waals surface area contributed by atoms with E-state index in [-0.39, 0.29) is 5.41 Å². The molecule has 0 spiro atoms. The van der Waals surface area contributed by atoms with Gasteiger partial charge in [-0.05, 0) is 142 Å². The Morgan fingerprint density at radius 2 is 0.783 bits per heavy atom. The Morgan fingerprint density at radius 1 is 0.317 bits per heavy atom. The molecule has 0 N–H and O–H groups in total. The van der Waals surface area contributed by atoms with Crippen LogP contribution in [0.25, 0.3) is 55.3 Å². The van der Waals surface area contributed by atoms with Gasteiger partial charge in [0.05, 0.1) is 0 Å². The van der Waals surface area contributed by atoms with Crippen LogP contribution >= 0.6 is 0 Å². The summed E-state index contributed by atoms with van der Waals surface area (Å²) in [5.74, 6) is 0. The van der Waals surface area contributed by atoms with E-state index in [2.05, 4.69) is 236 Å². The maximum absolute atomic E-state index is 6.35. The smallest absolute Gasteiger partial charge is 0.135 e. The Balaban J connectivity index is 0.993. The van der Waals surface area contributed by atoms with Crippen LogP contribution in [0.4, 0.5) is 34.1 Å². The zero-order chi connectivity index (χ0) is 40.2. The summed E-state index contributed by atoms with van der Waals surface area (Å²) in [5, 5.41) is 2.33. The highest BCUT2D eigenvalue weighted by atomic mass is 16.3. The SMILES string of the molecule is CC1(C)c2cc(-c3cccc(N(c4ccc(-c5ccccc5)cc4)c4ccc(N(c5ccccc5)c5ccccc5)cc4)c3)ccc2-c2cc3c(cc21)oc1ccccc13. The molecule has 0 fully saturated rings. The van der Waals surface area contributed by atoms with Gasteiger partial charge in [-0.2, -0.15) is 0 Å². The summed E-state index contributed by atoms with van der Waals surface area (Å²) in [6.07, 6.45) is 0.